The van der Waals surface area contributed by atoms with Gasteiger partial charge in [-0.1, -0.05) is 0 Å². The first kappa shape index (κ1) is 16.8. The third kappa shape index (κ3) is 2.99. The average Bonchev–Trinajstić information content (AvgIpc) is 3.27. The number of piperidine rings is 1. The van der Waals surface area contributed by atoms with Crippen molar-refractivity contribution in [3.8, 4) is 6.07 Å². The number of anilines is 1. The van der Waals surface area contributed by atoms with E-state index in [2.05, 4.69) is 22.1 Å². The zero-order valence-electron chi connectivity index (χ0n) is 15.0. The maximum absolute atomic E-state index is 13.0. The molecule has 0 saturated carbocycles. The first-order valence-corrected chi connectivity index (χ1v) is 9.21. The zero-order chi connectivity index (χ0) is 18.1. The molecule has 2 aromatic rings. The van der Waals surface area contributed by atoms with E-state index in [1.807, 2.05) is 35.0 Å². The van der Waals surface area contributed by atoms with Gasteiger partial charge in [0.2, 0.25) is 5.91 Å². The smallest absolute Gasteiger partial charge is 0.244 e. The molecule has 3 heterocycles. The van der Waals surface area contributed by atoms with E-state index in [0.29, 0.717) is 11.5 Å². The number of nitrogens with zero attached hydrogens (tertiary/aromatic N) is 5. The molecule has 2 atom stereocenters. The van der Waals surface area contributed by atoms with Crippen LogP contribution < -0.4 is 4.90 Å². The Balaban J connectivity index is 1.47. The Morgan fingerprint density at radius 3 is 2.65 bits per heavy atom. The maximum Gasteiger partial charge on any atom is 0.244 e. The largest absolute Gasteiger partial charge is 0.311 e. The molecule has 6 nitrogen and oxygen atoms in total. The molecular formula is C20H23N5O. The molecule has 0 radical (unpaired) electrons. The number of nitriles is 1. The van der Waals surface area contributed by atoms with Gasteiger partial charge in [-0.2, -0.15) is 10.4 Å². The predicted octanol–water partition coefficient (Wildman–Crippen LogP) is 2.28. The Morgan fingerprint density at radius 1 is 1.15 bits per heavy atom. The molecule has 1 aromatic heterocycles. The van der Waals surface area contributed by atoms with Gasteiger partial charge in [0.15, 0.2) is 0 Å². The molecule has 0 bridgehead atoms. The Morgan fingerprint density at radius 2 is 1.96 bits per heavy atom. The highest BCUT2D eigenvalue weighted by atomic mass is 16.2. The van der Waals surface area contributed by atoms with E-state index in [1.165, 1.54) is 5.69 Å². The fraction of sp³-hybridized carbons (Fsp3) is 0.450. The molecule has 2 saturated heterocycles. The van der Waals surface area contributed by atoms with Gasteiger partial charge in [0.05, 0.1) is 17.7 Å². The number of aryl methyl sites for hydroxylation is 1. The standard InChI is InChI=1S/C20H23N5O/c1-23-18(8-10-22-23)16-3-2-11-24(14-16)19-9-12-25(20(19)26)17-6-4-15(13-21)5-7-17/h4-8,10,16,19H,2-3,9,11-12,14H2,1H3/t16-,19-/m0/s1. The van der Waals surface area contributed by atoms with E-state index in [9.17, 15) is 4.79 Å². The zero-order valence-corrected chi connectivity index (χ0v) is 15.0. The third-order valence-corrected chi connectivity index (χ3v) is 5.66. The number of likely N-dealkylation sites (tertiary alicyclic amines) is 1. The summed E-state index contributed by atoms with van der Waals surface area (Å²) in [4.78, 5) is 17.2. The molecule has 6 heteroatoms. The third-order valence-electron chi connectivity index (χ3n) is 5.66. The first-order chi connectivity index (χ1) is 12.7. The van der Waals surface area contributed by atoms with Crippen LogP contribution in [0, 0.1) is 11.3 Å². The molecule has 1 aromatic carbocycles. The van der Waals surface area contributed by atoms with Crippen molar-refractivity contribution in [3.63, 3.8) is 0 Å². The van der Waals surface area contributed by atoms with Crippen molar-refractivity contribution in [2.24, 2.45) is 7.05 Å². The van der Waals surface area contributed by atoms with E-state index in [4.69, 9.17) is 5.26 Å². The summed E-state index contributed by atoms with van der Waals surface area (Å²) < 4.78 is 1.95. The second-order valence-electron chi connectivity index (χ2n) is 7.17. The normalized spacial score (nSPS) is 24.0. The van der Waals surface area contributed by atoms with Gasteiger partial charge in [-0.05, 0) is 56.1 Å². The molecule has 2 aliphatic heterocycles. The molecule has 0 spiro atoms. The lowest BCUT2D eigenvalue weighted by Crippen LogP contribution is -2.46. The number of amides is 1. The lowest BCUT2D eigenvalue weighted by atomic mass is 9.93. The van der Waals surface area contributed by atoms with Crippen LogP contribution in [0.15, 0.2) is 36.5 Å². The highest BCUT2D eigenvalue weighted by Gasteiger charge is 2.38. The molecule has 4 rings (SSSR count). The molecule has 2 fully saturated rings. The van der Waals surface area contributed by atoms with Crippen LogP contribution in [0.25, 0.3) is 0 Å². The highest BCUT2D eigenvalue weighted by Crippen LogP contribution is 2.31. The number of carbonyl (C=O) groups is 1. The van der Waals surface area contributed by atoms with Crippen molar-refractivity contribution in [1.82, 2.24) is 14.7 Å². The first-order valence-electron chi connectivity index (χ1n) is 9.21. The van der Waals surface area contributed by atoms with Crippen molar-refractivity contribution in [3.05, 3.63) is 47.8 Å². The highest BCUT2D eigenvalue weighted by molar-refractivity contribution is 5.99. The Hall–Kier alpha value is -2.65. The second-order valence-corrected chi connectivity index (χ2v) is 7.17. The van der Waals surface area contributed by atoms with Crippen LogP contribution in [-0.2, 0) is 11.8 Å². The lowest BCUT2D eigenvalue weighted by Gasteiger charge is -2.36. The molecule has 1 amide bonds. The van der Waals surface area contributed by atoms with Gasteiger partial charge in [-0.25, -0.2) is 0 Å². The molecular weight excluding hydrogens is 326 g/mol. The summed E-state index contributed by atoms with van der Waals surface area (Å²) in [6.07, 6.45) is 4.96. The van der Waals surface area contributed by atoms with Crippen LogP contribution >= 0.6 is 0 Å². The van der Waals surface area contributed by atoms with Crippen LogP contribution in [0.1, 0.15) is 36.4 Å². The lowest BCUT2D eigenvalue weighted by molar-refractivity contribution is -0.122. The van der Waals surface area contributed by atoms with E-state index >= 15 is 0 Å². The minimum absolute atomic E-state index is 0.0401. The van der Waals surface area contributed by atoms with E-state index < -0.39 is 0 Å². The van der Waals surface area contributed by atoms with Crippen molar-refractivity contribution in [2.45, 2.75) is 31.2 Å². The summed E-state index contributed by atoms with van der Waals surface area (Å²) in [5.41, 5.74) is 2.76. The second kappa shape index (κ2) is 6.93. The van der Waals surface area contributed by atoms with Crippen molar-refractivity contribution < 1.29 is 4.79 Å². The van der Waals surface area contributed by atoms with Gasteiger partial charge in [0.25, 0.3) is 0 Å². The number of hydrogen-bond acceptors (Lipinski definition) is 4. The van der Waals surface area contributed by atoms with Gasteiger partial charge >= 0.3 is 0 Å². The topological polar surface area (TPSA) is 65.2 Å². The van der Waals surface area contributed by atoms with Gasteiger partial charge < -0.3 is 4.90 Å². The van der Waals surface area contributed by atoms with Crippen LogP contribution in [-0.4, -0.2) is 46.3 Å². The van der Waals surface area contributed by atoms with E-state index in [1.54, 1.807) is 12.1 Å². The molecule has 0 aliphatic carbocycles. The number of aromatic nitrogens is 2. The molecule has 26 heavy (non-hydrogen) atoms. The van der Waals surface area contributed by atoms with Crippen LogP contribution in [0.3, 0.4) is 0 Å². The monoisotopic (exact) mass is 349 g/mol. The van der Waals surface area contributed by atoms with E-state index in [-0.39, 0.29) is 11.9 Å². The summed E-state index contributed by atoms with van der Waals surface area (Å²) in [5, 5.41) is 13.2. The predicted molar refractivity (Wildman–Crippen MR) is 98.7 cm³/mol. The summed E-state index contributed by atoms with van der Waals surface area (Å²) in [5.74, 6) is 0.619. The van der Waals surface area contributed by atoms with E-state index in [0.717, 1.165) is 44.6 Å². The summed E-state index contributed by atoms with van der Waals surface area (Å²) in [6.45, 7) is 2.63. The minimum atomic E-state index is -0.0401. The molecule has 134 valence electrons. The van der Waals surface area contributed by atoms with Crippen molar-refractivity contribution in [1.29, 1.82) is 5.26 Å². The molecule has 2 aliphatic rings. The quantitative estimate of drug-likeness (QED) is 0.853. The number of benzene rings is 1. The van der Waals surface area contributed by atoms with Gasteiger partial charge in [0, 0.05) is 43.6 Å². The number of hydrogen-bond donors (Lipinski definition) is 0. The van der Waals surface area contributed by atoms with Crippen LogP contribution in [0.4, 0.5) is 5.69 Å². The van der Waals surface area contributed by atoms with Gasteiger partial charge in [0.1, 0.15) is 0 Å². The van der Waals surface area contributed by atoms with Gasteiger partial charge in [-0.3, -0.25) is 14.4 Å². The molecule has 0 N–H and O–H groups in total. The van der Waals surface area contributed by atoms with Crippen molar-refractivity contribution in [2.75, 3.05) is 24.5 Å². The fourth-order valence-electron chi connectivity index (χ4n) is 4.29. The van der Waals surface area contributed by atoms with Crippen LogP contribution in [0.2, 0.25) is 0 Å². The molecule has 0 unspecified atom stereocenters. The number of carbonyl (C=O) groups excluding carboxylic acids is 1. The van der Waals surface area contributed by atoms with Crippen LogP contribution in [0.5, 0.6) is 0 Å². The fourth-order valence-corrected chi connectivity index (χ4v) is 4.29. The summed E-state index contributed by atoms with van der Waals surface area (Å²) in [7, 11) is 1.99. The Kier molecular flexibility index (Phi) is 4.48. The summed E-state index contributed by atoms with van der Waals surface area (Å²) in [6, 6.07) is 11.5. The minimum Gasteiger partial charge on any atom is -0.311 e. The number of rotatable bonds is 3. The Bertz CT molecular complexity index is 835. The Labute approximate surface area is 153 Å². The van der Waals surface area contributed by atoms with Crippen molar-refractivity contribution >= 4 is 11.6 Å². The van der Waals surface area contributed by atoms with Gasteiger partial charge in [-0.15, -0.1) is 0 Å². The average molecular weight is 349 g/mol. The summed E-state index contributed by atoms with van der Waals surface area (Å²) >= 11 is 0. The maximum atomic E-state index is 13.0. The SMILES string of the molecule is Cn1nccc1[C@H]1CCCN([C@H]2CCN(c3ccc(C#N)cc3)C2=O)C1.